The number of carbonyl (C=O) groups is 4. The zero-order valence-electron chi connectivity index (χ0n) is 12.8. The molecule has 1 saturated carbocycles. The molecule has 0 aromatic carbocycles. The molecule has 0 heterocycles. The molecule has 0 saturated heterocycles. The van der Waals surface area contributed by atoms with Gasteiger partial charge in [-0.15, -0.1) is 0 Å². The predicted molar refractivity (Wildman–Crippen MR) is 75.5 cm³/mol. The number of carbonyl (C=O) groups excluding carboxylic acids is 4. The number of methoxy groups -OCH3 is 2. The van der Waals surface area contributed by atoms with E-state index in [0.717, 1.165) is 6.42 Å². The smallest absolute Gasteiger partial charge is 0.325 e. The Balaban J connectivity index is 2.43. The van der Waals surface area contributed by atoms with E-state index in [9.17, 15) is 19.2 Å². The lowest BCUT2D eigenvalue weighted by atomic mass is 9.80. The Morgan fingerprint density at radius 3 is 1.64 bits per heavy atom. The maximum absolute atomic E-state index is 12.0. The highest BCUT2D eigenvalue weighted by atomic mass is 16.5. The van der Waals surface area contributed by atoms with Crippen LogP contribution in [0.3, 0.4) is 0 Å². The molecule has 124 valence electrons. The van der Waals surface area contributed by atoms with Crippen molar-refractivity contribution >= 4 is 23.8 Å². The van der Waals surface area contributed by atoms with Crippen LogP contribution >= 0.6 is 0 Å². The van der Waals surface area contributed by atoms with Gasteiger partial charge in [-0.25, -0.2) is 0 Å². The zero-order valence-corrected chi connectivity index (χ0v) is 12.8. The summed E-state index contributed by atoms with van der Waals surface area (Å²) < 4.78 is 8.90. The zero-order chi connectivity index (χ0) is 16.5. The monoisotopic (exact) mass is 314 g/mol. The molecule has 0 spiro atoms. The van der Waals surface area contributed by atoms with Crippen LogP contribution in [-0.4, -0.2) is 51.1 Å². The molecule has 2 amide bonds. The lowest BCUT2D eigenvalue weighted by molar-refractivity contribution is -0.142. The standard InChI is InChI=1S/C14H22N2O6/c1-21-11(17)7-15-13(19)9-4-3-5-10(6-9)14(20)16-8-12(18)22-2/h9-10H,3-8H2,1-2H3,(H,15,19)(H,16,20). The number of amides is 2. The van der Waals surface area contributed by atoms with E-state index in [1.807, 2.05) is 0 Å². The van der Waals surface area contributed by atoms with Gasteiger partial charge in [0.25, 0.3) is 0 Å². The number of rotatable bonds is 6. The molecule has 1 rings (SSSR count). The SMILES string of the molecule is COC(=O)CNC(=O)C1CCCC(C(=O)NCC(=O)OC)C1. The summed E-state index contributed by atoms with van der Waals surface area (Å²) in [6.07, 6.45) is 2.49. The second kappa shape index (κ2) is 9.01. The van der Waals surface area contributed by atoms with E-state index in [-0.39, 0.29) is 36.7 Å². The van der Waals surface area contributed by atoms with Crippen molar-refractivity contribution < 1.29 is 28.7 Å². The van der Waals surface area contributed by atoms with Crippen LogP contribution in [0.2, 0.25) is 0 Å². The van der Waals surface area contributed by atoms with Crippen LogP contribution < -0.4 is 10.6 Å². The molecule has 22 heavy (non-hydrogen) atoms. The first-order valence-electron chi connectivity index (χ1n) is 7.17. The van der Waals surface area contributed by atoms with Crippen molar-refractivity contribution in [2.24, 2.45) is 11.8 Å². The summed E-state index contributed by atoms with van der Waals surface area (Å²) in [6, 6.07) is 0. The quantitative estimate of drug-likeness (QED) is 0.632. The fraction of sp³-hybridized carbons (Fsp3) is 0.714. The maximum Gasteiger partial charge on any atom is 0.325 e. The lowest BCUT2D eigenvalue weighted by Crippen LogP contribution is -2.41. The van der Waals surface area contributed by atoms with Crippen molar-refractivity contribution in [3.63, 3.8) is 0 Å². The van der Waals surface area contributed by atoms with Crippen molar-refractivity contribution in [3.8, 4) is 0 Å². The van der Waals surface area contributed by atoms with E-state index in [1.165, 1.54) is 14.2 Å². The first-order valence-corrected chi connectivity index (χ1v) is 7.17. The number of esters is 2. The molecule has 2 unspecified atom stereocenters. The van der Waals surface area contributed by atoms with Crippen LogP contribution in [0.4, 0.5) is 0 Å². The maximum atomic E-state index is 12.0. The summed E-state index contributed by atoms with van der Waals surface area (Å²) in [7, 11) is 2.49. The van der Waals surface area contributed by atoms with Gasteiger partial charge in [-0.3, -0.25) is 19.2 Å². The minimum atomic E-state index is -0.517. The average molecular weight is 314 g/mol. The highest BCUT2D eigenvalue weighted by molar-refractivity contribution is 5.86. The van der Waals surface area contributed by atoms with E-state index in [4.69, 9.17) is 0 Å². The second-order valence-corrected chi connectivity index (χ2v) is 5.15. The van der Waals surface area contributed by atoms with Gasteiger partial charge >= 0.3 is 11.9 Å². The van der Waals surface area contributed by atoms with Crippen LogP contribution in [-0.2, 0) is 28.7 Å². The van der Waals surface area contributed by atoms with Gasteiger partial charge in [0.1, 0.15) is 13.1 Å². The van der Waals surface area contributed by atoms with Gasteiger partial charge in [0.2, 0.25) is 11.8 Å². The Kier molecular flexibility index (Phi) is 7.34. The molecule has 8 nitrogen and oxygen atoms in total. The third kappa shape index (κ3) is 5.71. The van der Waals surface area contributed by atoms with Crippen LogP contribution in [0.25, 0.3) is 0 Å². The summed E-state index contributed by atoms with van der Waals surface area (Å²) in [5.41, 5.74) is 0. The molecule has 2 N–H and O–H groups in total. The van der Waals surface area contributed by atoms with Crippen molar-refractivity contribution in [1.29, 1.82) is 0 Å². The second-order valence-electron chi connectivity index (χ2n) is 5.15. The fourth-order valence-corrected chi connectivity index (χ4v) is 2.42. The van der Waals surface area contributed by atoms with Gasteiger partial charge in [0, 0.05) is 11.8 Å². The van der Waals surface area contributed by atoms with Gasteiger partial charge in [-0.05, 0) is 19.3 Å². The third-order valence-electron chi connectivity index (χ3n) is 3.69. The van der Waals surface area contributed by atoms with Crippen LogP contribution in [0, 0.1) is 11.8 Å². The van der Waals surface area contributed by atoms with E-state index < -0.39 is 11.9 Å². The summed E-state index contributed by atoms with van der Waals surface area (Å²) in [5.74, 6) is -2.17. The molecule has 1 fully saturated rings. The normalized spacial score (nSPS) is 20.6. The topological polar surface area (TPSA) is 111 Å². The number of ether oxygens (including phenoxy) is 2. The largest absolute Gasteiger partial charge is 0.468 e. The van der Waals surface area contributed by atoms with Gasteiger partial charge in [-0.1, -0.05) is 6.42 Å². The summed E-state index contributed by atoms with van der Waals surface area (Å²) >= 11 is 0. The Morgan fingerprint density at radius 2 is 1.27 bits per heavy atom. The lowest BCUT2D eigenvalue weighted by Gasteiger charge is -2.27. The Labute approximate surface area is 128 Å². The average Bonchev–Trinajstić information content (AvgIpc) is 2.56. The van der Waals surface area contributed by atoms with Crippen molar-refractivity contribution in [1.82, 2.24) is 10.6 Å². The molecule has 0 radical (unpaired) electrons. The molecule has 0 aliphatic heterocycles. The summed E-state index contributed by atoms with van der Waals surface area (Å²) in [6.45, 7) is -0.351. The predicted octanol–water partition coefficient (Wildman–Crippen LogP) is -0.629. The van der Waals surface area contributed by atoms with Gasteiger partial charge in [0.05, 0.1) is 14.2 Å². The van der Waals surface area contributed by atoms with Gasteiger partial charge in [-0.2, -0.15) is 0 Å². The van der Waals surface area contributed by atoms with Gasteiger partial charge < -0.3 is 20.1 Å². The van der Waals surface area contributed by atoms with Crippen molar-refractivity contribution in [2.45, 2.75) is 25.7 Å². The van der Waals surface area contributed by atoms with Crippen LogP contribution in [0.5, 0.6) is 0 Å². The van der Waals surface area contributed by atoms with E-state index >= 15 is 0 Å². The van der Waals surface area contributed by atoms with E-state index in [2.05, 4.69) is 20.1 Å². The minimum absolute atomic E-state index is 0.176. The van der Waals surface area contributed by atoms with Crippen molar-refractivity contribution in [3.05, 3.63) is 0 Å². The highest BCUT2D eigenvalue weighted by Crippen LogP contribution is 2.29. The summed E-state index contributed by atoms with van der Waals surface area (Å²) in [5, 5.41) is 5.01. The highest BCUT2D eigenvalue weighted by Gasteiger charge is 2.31. The molecular formula is C14H22N2O6. The Bertz CT molecular complexity index is 399. The van der Waals surface area contributed by atoms with Gasteiger partial charge in [0.15, 0.2) is 0 Å². The molecule has 2 atom stereocenters. The van der Waals surface area contributed by atoms with E-state index in [0.29, 0.717) is 19.3 Å². The molecule has 8 heteroatoms. The molecular weight excluding hydrogens is 292 g/mol. The third-order valence-corrected chi connectivity index (χ3v) is 3.69. The Morgan fingerprint density at radius 1 is 0.864 bits per heavy atom. The molecule has 0 bridgehead atoms. The first-order chi connectivity index (χ1) is 10.5. The number of hydrogen-bond acceptors (Lipinski definition) is 6. The summed E-state index contributed by atoms with van der Waals surface area (Å²) in [4.78, 5) is 46.0. The first kappa shape index (κ1) is 17.9. The van der Waals surface area contributed by atoms with Crippen LogP contribution in [0.15, 0.2) is 0 Å². The Hall–Kier alpha value is -2.12. The van der Waals surface area contributed by atoms with Crippen LogP contribution in [0.1, 0.15) is 25.7 Å². The minimum Gasteiger partial charge on any atom is -0.468 e. The number of hydrogen-bond donors (Lipinski definition) is 2. The molecule has 0 aromatic heterocycles. The molecule has 1 aliphatic carbocycles. The molecule has 0 aromatic rings. The van der Waals surface area contributed by atoms with E-state index in [1.54, 1.807) is 0 Å². The number of nitrogens with one attached hydrogen (secondary N) is 2. The fourth-order valence-electron chi connectivity index (χ4n) is 2.42. The van der Waals surface area contributed by atoms with Crippen molar-refractivity contribution in [2.75, 3.05) is 27.3 Å². The molecule has 1 aliphatic rings.